The molecule has 1 aromatic heterocycles. The van der Waals surface area contributed by atoms with Gasteiger partial charge in [-0.05, 0) is 37.6 Å². The maximum absolute atomic E-state index is 10.3. The van der Waals surface area contributed by atoms with Crippen LogP contribution < -0.4 is 0 Å². The van der Waals surface area contributed by atoms with E-state index in [-0.39, 0.29) is 0 Å². The van der Waals surface area contributed by atoms with Gasteiger partial charge in [0, 0.05) is 12.1 Å². The van der Waals surface area contributed by atoms with Crippen LogP contribution in [-0.4, -0.2) is 16.1 Å². The Morgan fingerprint density at radius 1 is 1.28 bits per heavy atom. The van der Waals surface area contributed by atoms with E-state index in [9.17, 15) is 4.79 Å². The molecule has 3 nitrogen and oxygen atoms in total. The second-order valence-electron chi connectivity index (χ2n) is 4.24. The molecule has 0 spiro atoms. The van der Waals surface area contributed by atoms with Gasteiger partial charge in [0.25, 0.3) is 0 Å². The quantitative estimate of drug-likeness (QED) is 0.770. The zero-order valence-corrected chi connectivity index (χ0v) is 10.6. The summed E-state index contributed by atoms with van der Waals surface area (Å²) < 4.78 is 1.92. The summed E-state index contributed by atoms with van der Waals surface area (Å²) in [5, 5.41) is 4.45. The van der Waals surface area contributed by atoms with Gasteiger partial charge in [-0.1, -0.05) is 24.3 Å². The number of hydrogen-bond acceptors (Lipinski definition) is 2. The molecular weight excluding hydrogens is 224 g/mol. The van der Waals surface area contributed by atoms with Crippen molar-refractivity contribution in [3.05, 3.63) is 53.4 Å². The number of aldehydes is 1. The average Bonchev–Trinajstić information content (AvgIpc) is 2.69. The zero-order chi connectivity index (χ0) is 13.0. The molecule has 0 bridgehead atoms. The Hall–Kier alpha value is -2.16. The molecule has 3 heteroatoms. The van der Waals surface area contributed by atoms with Crippen LogP contribution in [0.5, 0.6) is 0 Å². The highest BCUT2D eigenvalue weighted by molar-refractivity contribution is 5.59. The first-order chi connectivity index (χ1) is 8.70. The molecule has 0 radical (unpaired) electrons. The Morgan fingerprint density at radius 2 is 2.11 bits per heavy atom. The van der Waals surface area contributed by atoms with Crippen molar-refractivity contribution in [3.63, 3.8) is 0 Å². The van der Waals surface area contributed by atoms with Crippen LogP contribution in [0.3, 0.4) is 0 Å². The van der Waals surface area contributed by atoms with E-state index >= 15 is 0 Å². The van der Waals surface area contributed by atoms with Gasteiger partial charge in [0.05, 0.1) is 11.4 Å². The summed E-state index contributed by atoms with van der Waals surface area (Å²) in [5.74, 6) is 0. The molecule has 0 amide bonds. The van der Waals surface area contributed by atoms with Gasteiger partial charge in [0.1, 0.15) is 6.29 Å². The molecule has 2 rings (SSSR count). The van der Waals surface area contributed by atoms with Gasteiger partial charge in [0.2, 0.25) is 0 Å². The zero-order valence-electron chi connectivity index (χ0n) is 10.6. The van der Waals surface area contributed by atoms with Crippen molar-refractivity contribution in [3.8, 4) is 5.69 Å². The first kappa shape index (κ1) is 12.3. The highest BCUT2D eigenvalue weighted by atomic mass is 16.1. The lowest BCUT2D eigenvalue weighted by Crippen LogP contribution is -1.98. The third-order valence-corrected chi connectivity index (χ3v) is 2.67. The van der Waals surface area contributed by atoms with Crippen LogP contribution in [-0.2, 0) is 4.79 Å². The first-order valence-electron chi connectivity index (χ1n) is 5.94. The van der Waals surface area contributed by atoms with Crippen molar-refractivity contribution in [1.29, 1.82) is 0 Å². The van der Waals surface area contributed by atoms with E-state index < -0.39 is 0 Å². The number of rotatable bonds is 4. The van der Waals surface area contributed by atoms with E-state index in [1.165, 1.54) is 0 Å². The van der Waals surface area contributed by atoms with Crippen molar-refractivity contribution in [2.45, 2.75) is 20.3 Å². The molecule has 0 saturated carbocycles. The van der Waals surface area contributed by atoms with Crippen LogP contribution in [0.1, 0.15) is 23.4 Å². The molecule has 92 valence electrons. The van der Waals surface area contributed by atoms with E-state index in [4.69, 9.17) is 0 Å². The molecule has 0 aliphatic heterocycles. The lowest BCUT2D eigenvalue weighted by atomic mass is 10.2. The highest BCUT2D eigenvalue weighted by Gasteiger charge is 2.03. The fraction of sp³-hybridized carbons (Fsp3) is 0.200. The van der Waals surface area contributed by atoms with Crippen molar-refractivity contribution in [2.24, 2.45) is 0 Å². The van der Waals surface area contributed by atoms with Crippen LogP contribution >= 0.6 is 0 Å². The lowest BCUT2D eigenvalue weighted by molar-refractivity contribution is -0.107. The third-order valence-electron chi connectivity index (χ3n) is 2.67. The van der Waals surface area contributed by atoms with Crippen molar-refractivity contribution in [2.75, 3.05) is 0 Å². The molecule has 18 heavy (non-hydrogen) atoms. The summed E-state index contributed by atoms with van der Waals surface area (Å²) in [6.45, 7) is 4.02. The molecule has 0 N–H and O–H groups in total. The average molecular weight is 240 g/mol. The number of benzene rings is 1. The summed E-state index contributed by atoms with van der Waals surface area (Å²) in [4.78, 5) is 10.3. The smallest absolute Gasteiger partial charge is 0.123 e. The summed E-state index contributed by atoms with van der Waals surface area (Å²) in [6.07, 6.45) is 5.14. The summed E-state index contributed by atoms with van der Waals surface area (Å²) in [7, 11) is 0. The maximum Gasteiger partial charge on any atom is 0.123 e. The molecule has 0 unspecified atom stereocenters. The second-order valence-corrected chi connectivity index (χ2v) is 4.24. The number of aryl methyl sites for hydroxylation is 2. The van der Waals surface area contributed by atoms with Gasteiger partial charge >= 0.3 is 0 Å². The second kappa shape index (κ2) is 5.45. The molecule has 1 heterocycles. The van der Waals surface area contributed by atoms with E-state index in [2.05, 4.69) is 17.2 Å². The van der Waals surface area contributed by atoms with Crippen LogP contribution in [0.15, 0.2) is 36.4 Å². The van der Waals surface area contributed by atoms with E-state index in [1.807, 2.05) is 48.9 Å². The number of hydrogen-bond donors (Lipinski definition) is 0. The van der Waals surface area contributed by atoms with Gasteiger partial charge in [0.15, 0.2) is 0 Å². The number of aromatic nitrogens is 2. The van der Waals surface area contributed by atoms with E-state index in [1.54, 1.807) is 0 Å². The van der Waals surface area contributed by atoms with Crippen LogP contribution in [0.4, 0.5) is 0 Å². The number of allylic oxidation sites excluding steroid dienone is 1. The lowest BCUT2D eigenvalue weighted by Gasteiger charge is -2.05. The Balaban J connectivity index is 2.32. The predicted octanol–water partition coefficient (Wildman–Crippen LogP) is 3.09. The monoisotopic (exact) mass is 240 g/mol. The van der Waals surface area contributed by atoms with Crippen molar-refractivity contribution in [1.82, 2.24) is 9.78 Å². The van der Waals surface area contributed by atoms with Gasteiger partial charge in [-0.3, -0.25) is 0 Å². The van der Waals surface area contributed by atoms with Crippen LogP contribution in [0.2, 0.25) is 0 Å². The third kappa shape index (κ3) is 2.74. The topological polar surface area (TPSA) is 34.9 Å². The minimum Gasteiger partial charge on any atom is -0.303 e. The van der Waals surface area contributed by atoms with Gasteiger partial charge in [-0.15, -0.1) is 0 Å². The number of nitrogens with zero attached hydrogens (tertiary/aromatic N) is 2. The largest absolute Gasteiger partial charge is 0.303 e. The Labute approximate surface area is 107 Å². The molecule has 0 aliphatic carbocycles. The molecule has 0 aliphatic rings. The van der Waals surface area contributed by atoms with Crippen LogP contribution in [0, 0.1) is 13.8 Å². The minimum absolute atomic E-state index is 0.449. The summed E-state index contributed by atoms with van der Waals surface area (Å²) in [6, 6.07) is 10.1. The fourth-order valence-electron chi connectivity index (χ4n) is 1.91. The molecule has 2 aromatic rings. The first-order valence-corrected chi connectivity index (χ1v) is 5.94. The van der Waals surface area contributed by atoms with Gasteiger partial charge < -0.3 is 4.79 Å². The van der Waals surface area contributed by atoms with Gasteiger partial charge in [-0.2, -0.15) is 5.10 Å². The normalized spacial score (nSPS) is 11.0. The molecule has 1 aromatic carbocycles. The molecule has 0 saturated heterocycles. The standard InChI is InChI=1S/C15H16N2O/c1-12-10-13(2)17(16-12)15-8-5-7-14(11-15)6-3-4-9-18/h3,5-11H,4H2,1-2H3. The number of carbonyl (C=O) groups excluding carboxylic acids is 1. The number of carbonyl (C=O) groups is 1. The Morgan fingerprint density at radius 3 is 2.78 bits per heavy atom. The van der Waals surface area contributed by atoms with Crippen molar-refractivity contribution < 1.29 is 4.79 Å². The Bertz CT molecular complexity index is 582. The van der Waals surface area contributed by atoms with Crippen LogP contribution in [0.25, 0.3) is 11.8 Å². The highest BCUT2D eigenvalue weighted by Crippen LogP contribution is 2.14. The molecule has 0 atom stereocenters. The van der Waals surface area contributed by atoms with Gasteiger partial charge in [-0.25, -0.2) is 4.68 Å². The molecule has 0 fully saturated rings. The fourth-order valence-corrected chi connectivity index (χ4v) is 1.91. The SMILES string of the molecule is Cc1cc(C)n(-c2cccc(C=CCC=O)c2)n1. The summed E-state index contributed by atoms with van der Waals surface area (Å²) in [5.41, 5.74) is 4.23. The van der Waals surface area contributed by atoms with E-state index in [0.717, 1.165) is 28.9 Å². The molecular formula is C15H16N2O. The maximum atomic E-state index is 10.3. The van der Waals surface area contributed by atoms with Crippen molar-refractivity contribution >= 4 is 12.4 Å². The van der Waals surface area contributed by atoms with E-state index in [0.29, 0.717) is 6.42 Å². The Kier molecular flexibility index (Phi) is 3.72. The minimum atomic E-state index is 0.449. The summed E-state index contributed by atoms with van der Waals surface area (Å²) >= 11 is 0. The predicted molar refractivity (Wildman–Crippen MR) is 72.8 cm³/mol.